The molecule has 1 saturated heterocycles. The number of piperidine rings is 1. The summed E-state index contributed by atoms with van der Waals surface area (Å²) in [5.41, 5.74) is 4.92. The van der Waals surface area contributed by atoms with E-state index in [1.807, 2.05) is 29.2 Å². The first-order valence-electron chi connectivity index (χ1n) is 5.99. The zero-order valence-electron chi connectivity index (χ0n) is 10.1. The van der Waals surface area contributed by atoms with Gasteiger partial charge < -0.3 is 10.8 Å². The van der Waals surface area contributed by atoms with E-state index in [9.17, 15) is 9.90 Å². The van der Waals surface area contributed by atoms with Gasteiger partial charge in [0.15, 0.2) is 5.60 Å². The number of halogens is 1. The Labute approximate surface area is 111 Å². The molecule has 98 valence electrons. The third-order valence-corrected chi connectivity index (χ3v) is 3.54. The largest absolute Gasteiger partial charge is 0.379 e. The molecule has 0 saturated carbocycles. The Kier molecular flexibility index (Phi) is 3.90. The summed E-state index contributed by atoms with van der Waals surface area (Å²) in [7, 11) is 0. The number of primary amides is 1. The first-order chi connectivity index (χ1) is 8.49. The van der Waals surface area contributed by atoms with E-state index >= 15 is 0 Å². The zero-order valence-corrected chi connectivity index (χ0v) is 10.9. The molecule has 1 atom stereocenters. The van der Waals surface area contributed by atoms with Crippen LogP contribution in [0.3, 0.4) is 0 Å². The van der Waals surface area contributed by atoms with E-state index < -0.39 is 11.5 Å². The predicted molar refractivity (Wildman–Crippen MR) is 70.1 cm³/mol. The van der Waals surface area contributed by atoms with Crippen molar-refractivity contribution in [3.05, 3.63) is 34.9 Å². The molecule has 0 bridgehead atoms. The van der Waals surface area contributed by atoms with E-state index in [1.54, 1.807) is 0 Å². The SMILES string of the molecule is NC(=O)[C@@]1(O)CCCN(Cc2cccc(Cl)c2)C1. The third kappa shape index (κ3) is 3.02. The molecule has 0 aromatic heterocycles. The van der Waals surface area contributed by atoms with Gasteiger partial charge in [0.2, 0.25) is 0 Å². The number of likely N-dealkylation sites (tertiary alicyclic amines) is 1. The highest BCUT2D eigenvalue weighted by Gasteiger charge is 2.38. The summed E-state index contributed by atoms with van der Waals surface area (Å²) in [5, 5.41) is 10.8. The highest BCUT2D eigenvalue weighted by atomic mass is 35.5. The lowest BCUT2D eigenvalue weighted by atomic mass is 9.92. The van der Waals surface area contributed by atoms with E-state index in [1.165, 1.54) is 0 Å². The van der Waals surface area contributed by atoms with Crippen molar-refractivity contribution in [3.8, 4) is 0 Å². The van der Waals surface area contributed by atoms with Gasteiger partial charge in [-0.2, -0.15) is 0 Å². The molecule has 3 N–H and O–H groups in total. The third-order valence-electron chi connectivity index (χ3n) is 3.30. The predicted octanol–water partition coefficient (Wildman–Crippen LogP) is 1.15. The second-order valence-corrected chi connectivity index (χ2v) is 5.28. The van der Waals surface area contributed by atoms with Gasteiger partial charge in [-0.3, -0.25) is 9.69 Å². The van der Waals surface area contributed by atoms with Crippen LogP contribution in [0.15, 0.2) is 24.3 Å². The fraction of sp³-hybridized carbons (Fsp3) is 0.462. The Bertz CT molecular complexity index is 452. The average Bonchev–Trinajstić information content (AvgIpc) is 2.29. The first-order valence-corrected chi connectivity index (χ1v) is 6.36. The van der Waals surface area contributed by atoms with E-state index in [2.05, 4.69) is 0 Å². The molecule has 1 aromatic carbocycles. The lowest BCUT2D eigenvalue weighted by Crippen LogP contribution is -2.55. The minimum atomic E-state index is -1.39. The van der Waals surface area contributed by atoms with Crippen molar-refractivity contribution in [1.29, 1.82) is 0 Å². The van der Waals surface area contributed by atoms with Gasteiger partial charge in [-0.15, -0.1) is 0 Å². The summed E-state index contributed by atoms with van der Waals surface area (Å²) in [4.78, 5) is 13.3. The Morgan fingerprint density at radius 1 is 1.56 bits per heavy atom. The number of nitrogens with zero attached hydrogens (tertiary/aromatic N) is 1. The number of β-amino-alcohol motifs (C(OH)–C–C–N with tert-alkyl or cyclic N) is 1. The molecule has 5 heteroatoms. The number of carbonyl (C=O) groups is 1. The highest BCUT2D eigenvalue weighted by molar-refractivity contribution is 6.30. The smallest absolute Gasteiger partial charge is 0.250 e. The van der Waals surface area contributed by atoms with Crippen LogP contribution in [0.1, 0.15) is 18.4 Å². The van der Waals surface area contributed by atoms with Crippen molar-refractivity contribution in [2.75, 3.05) is 13.1 Å². The summed E-state index contributed by atoms with van der Waals surface area (Å²) in [5.74, 6) is -0.640. The summed E-state index contributed by atoms with van der Waals surface area (Å²) in [6.45, 7) is 1.80. The number of hydrogen-bond acceptors (Lipinski definition) is 3. The lowest BCUT2D eigenvalue weighted by molar-refractivity contribution is -0.142. The van der Waals surface area contributed by atoms with Crippen LogP contribution in [0, 0.1) is 0 Å². The lowest BCUT2D eigenvalue weighted by Gasteiger charge is -2.37. The fourth-order valence-electron chi connectivity index (χ4n) is 2.35. The van der Waals surface area contributed by atoms with Crippen LogP contribution in [0.2, 0.25) is 5.02 Å². The highest BCUT2D eigenvalue weighted by Crippen LogP contribution is 2.23. The number of nitrogens with two attached hydrogens (primary N) is 1. The number of benzene rings is 1. The van der Waals surface area contributed by atoms with Crippen molar-refractivity contribution >= 4 is 17.5 Å². The number of aliphatic hydroxyl groups is 1. The molecule has 18 heavy (non-hydrogen) atoms. The van der Waals surface area contributed by atoms with E-state index in [4.69, 9.17) is 17.3 Å². The van der Waals surface area contributed by atoms with Gasteiger partial charge in [-0.05, 0) is 37.1 Å². The van der Waals surface area contributed by atoms with E-state index in [0.29, 0.717) is 18.0 Å². The van der Waals surface area contributed by atoms with E-state index in [0.717, 1.165) is 18.5 Å². The van der Waals surface area contributed by atoms with Gasteiger partial charge in [-0.25, -0.2) is 0 Å². The molecule has 1 aliphatic heterocycles. The molecule has 1 amide bonds. The summed E-state index contributed by atoms with van der Waals surface area (Å²) >= 11 is 5.93. The molecular formula is C13H17ClN2O2. The first kappa shape index (κ1) is 13.3. The fourth-order valence-corrected chi connectivity index (χ4v) is 2.57. The quantitative estimate of drug-likeness (QED) is 0.864. The van der Waals surface area contributed by atoms with Gasteiger partial charge in [0.25, 0.3) is 5.91 Å². The number of hydrogen-bond donors (Lipinski definition) is 2. The van der Waals surface area contributed by atoms with Crippen LogP contribution in [-0.4, -0.2) is 34.6 Å². The number of carbonyl (C=O) groups excluding carboxylic acids is 1. The van der Waals surface area contributed by atoms with Crippen LogP contribution in [-0.2, 0) is 11.3 Å². The Morgan fingerprint density at radius 3 is 3.00 bits per heavy atom. The molecule has 1 aliphatic rings. The molecule has 1 fully saturated rings. The van der Waals surface area contributed by atoms with Crippen molar-refractivity contribution < 1.29 is 9.90 Å². The van der Waals surface area contributed by atoms with Crippen molar-refractivity contribution in [1.82, 2.24) is 4.90 Å². The summed E-state index contributed by atoms with van der Waals surface area (Å²) in [6.07, 6.45) is 1.20. The van der Waals surface area contributed by atoms with Gasteiger partial charge in [0.1, 0.15) is 0 Å². The van der Waals surface area contributed by atoms with Gasteiger partial charge >= 0.3 is 0 Å². The number of amides is 1. The molecule has 0 spiro atoms. The molecule has 4 nitrogen and oxygen atoms in total. The normalized spacial score (nSPS) is 25.0. The molecule has 1 aromatic rings. The van der Waals surface area contributed by atoms with Crippen molar-refractivity contribution in [2.24, 2.45) is 5.73 Å². The van der Waals surface area contributed by atoms with Crippen LogP contribution < -0.4 is 5.73 Å². The minimum Gasteiger partial charge on any atom is -0.379 e. The molecular weight excluding hydrogens is 252 g/mol. The zero-order chi connectivity index (χ0) is 13.2. The van der Waals surface area contributed by atoms with Gasteiger partial charge in [-0.1, -0.05) is 23.7 Å². The average molecular weight is 269 g/mol. The Hall–Kier alpha value is -1.10. The van der Waals surface area contributed by atoms with Crippen molar-refractivity contribution in [2.45, 2.75) is 25.0 Å². The van der Waals surface area contributed by atoms with Crippen LogP contribution >= 0.6 is 11.6 Å². The topological polar surface area (TPSA) is 66.6 Å². The van der Waals surface area contributed by atoms with Crippen molar-refractivity contribution in [3.63, 3.8) is 0 Å². The molecule has 1 heterocycles. The molecule has 2 rings (SSSR count). The van der Waals surface area contributed by atoms with E-state index in [-0.39, 0.29) is 6.54 Å². The summed E-state index contributed by atoms with van der Waals surface area (Å²) < 4.78 is 0. The standard InChI is InChI=1S/C13H17ClN2O2/c14-11-4-1-3-10(7-11)8-16-6-2-5-13(18,9-16)12(15)17/h1,3-4,7,18H,2,5-6,8-9H2,(H2,15,17)/t13-/m1/s1. The minimum absolute atomic E-state index is 0.287. The maximum Gasteiger partial charge on any atom is 0.250 e. The molecule has 0 unspecified atom stereocenters. The monoisotopic (exact) mass is 268 g/mol. The van der Waals surface area contributed by atoms with Gasteiger partial charge in [0, 0.05) is 18.1 Å². The summed E-state index contributed by atoms with van der Waals surface area (Å²) in [6, 6.07) is 7.58. The van der Waals surface area contributed by atoms with Crippen LogP contribution in [0.4, 0.5) is 0 Å². The second kappa shape index (κ2) is 5.26. The van der Waals surface area contributed by atoms with Crippen LogP contribution in [0.25, 0.3) is 0 Å². The van der Waals surface area contributed by atoms with Gasteiger partial charge in [0.05, 0.1) is 0 Å². The second-order valence-electron chi connectivity index (χ2n) is 4.84. The Balaban J connectivity index is 2.04. The Morgan fingerprint density at radius 2 is 2.33 bits per heavy atom. The number of rotatable bonds is 3. The maximum atomic E-state index is 11.3. The molecule has 0 aliphatic carbocycles. The molecule has 0 radical (unpaired) electrons. The van der Waals surface area contributed by atoms with Crippen LogP contribution in [0.5, 0.6) is 0 Å². The maximum absolute atomic E-state index is 11.3.